The van der Waals surface area contributed by atoms with E-state index in [9.17, 15) is 0 Å². The molecule has 0 heterocycles. The molecule has 0 aliphatic carbocycles. The first-order chi connectivity index (χ1) is 9.72. The minimum Gasteiger partial charge on any atom is -0.497 e. The van der Waals surface area contributed by atoms with E-state index < -0.39 is 0 Å². The number of hydrogen-bond acceptors (Lipinski definition) is 4. The van der Waals surface area contributed by atoms with E-state index in [1.807, 2.05) is 48.7 Å². The van der Waals surface area contributed by atoms with E-state index in [0.717, 1.165) is 5.75 Å². The lowest BCUT2D eigenvalue weighted by Crippen LogP contribution is -2.04. The summed E-state index contributed by atoms with van der Waals surface area (Å²) >= 11 is 1.38. The number of thioether (sulfide) groups is 1. The Labute approximate surface area is 145 Å². The maximum absolute atomic E-state index is 5.83. The van der Waals surface area contributed by atoms with Crippen LogP contribution in [0.25, 0.3) is 0 Å². The van der Waals surface area contributed by atoms with E-state index in [2.05, 4.69) is 4.99 Å². The van der Waals surface area contributed by atoms with Crippen LogP contribution in [0.4, 0.5) is 5.69 Å². The number of nitrogens with zero attached hydrogens (tertiary/aromatic N) is 1. The topological polar surface area (TPSA) is 56.8 Å². The molecule has 112 valence electrons. The lowest BCUT2D eigenvalue weighted by molar-refractivity contribution is 0.413. The summed E-state index contributed by atoms with van der Waals surface area (Å²) in [6, 6.07) is 15.0. The lowest BCUT2D eigenvalue weighted by Gasteiger charge is -2.10. The zero-order valence-electron chi connectivity index (χ0n) is 11.8. The van der Waals surface area contributed by atoms with Crippen molar-refractivity contribution in [1.82, 2.24) is 0 Å². The molecule has 2 aromatic carbocycles. The van der Waals surface area contributed by atoms with Crippen LogP contribution < -0.4 is 15.2 Å². The molecule has 6 heteroatoms. The van der Waals surface area contributed by atoms with Gasteiger partial charge < -0.3 is 15.2 Å². The third kappa shape index (κ3) is 5.13. The van der Waals surface area contributed by atoms with Gasteiger partial charge in [-0.05, 0) is 30.5 Å². The summed E-state index contributed by atoms with van der Waals surface area (Å²) in [6.45, 7) is 0. The monoisotopic (exact) mass is 416 g/mol. The van der Waals surface area contributed by atoms with Gasteiger partial charge in [-0.2, -0.15) is 0 Å². The van der Waals surface area contributed by atoms with Crippen LogP contribution in [0.15, 0.2) is 53.5 Å². The highest BCUT2D eigenvalue weighted by molar-refractivity contribution is 14.0. The largest absolute Gasteiger partial charge is 0.497 e. The summed E-state index contributed by atoms with van der Waals surface area (Å²) in [5.74, 6) is 2.09. The standard InChI is InChI=1S/C15H16N2O2S.HI/c1-18-12-8-9-14(13(10-12)17-15(16)20-2)19-11-6-4-3-5-7-11;/h3-10H,1-2H3,(H2,16,17);1H. The normalized spacial score (nSPS) is 10.7. The van der Waals surface area contributed by atoms with E-state index in [1.165, 1.54) is 11.8 Å². The Hall–Kier alpha value is -1.41. The zero-order chi connectivity index (χ0) is 14.4. The molecule has 0 bridgehead atoms. The second kappa shape index (κ2) is 8.78. The number of aliphatic imine (C=N–C) groups is 1. The summed E-state index contributed by atoms with van der Waals surface area (Å²) < 4.78 is 11.0. The highest BCUT2D eigenvalue weighted by Gasteiger charge is 2.07. The molecule has 0 aliphatic rings. The number of hydrogen-bond donors (Lipinski definition) is 1. The second-order valence-electron chi connectivity index (χ2n) is 3.90. The molecule has 0 aliphatic heterocycles. The predicted molar refractivity (Wildman–Crippen MR) is 99.7 cm³/mol. The Morgan fingerprint density at radius 2 is 1.81 bits per heavy atom. The molecule has 2 aromatic rings. The molecule has 2 N–H and O–H groups in total. The average molecular weight is 416 g/mol. The number of halogens is 1. The van der Waals surface area contributed by atoms with Crippen LogP contribution in [0.5, 0.6) is 17.2 Å². The Kier molecular flexibility index (Phi) is 7.38. The Morgan fingerprint density at radius 1 is 1.10 bits per heavy atom. The molecule has 0 fully saturated rings. The minimum atomic E-state index is 0. The van der Waals surface area contributed by atoms with Crippen molar-refractivity contribution in [2.75, 3.05) is 13.4 Å². The van der Waals surface area contributed by atoms with Crippen LogP contribution in [-0.4, -0.2) is 18.5 Å². The lowest BCUT2D eigenvalue weighted by atomic mass is 10.2. The molecule has 0 radical (unpaired) electrons. The Morgan fingerprint density at radius 3 is 2.43 bits per heavy atom. The van der Waals surface area contributed by atoms with Crippen LogP contribution in [0.2, 0.25) is 0 Å². The van der Waals surface area contributed by atoms with Crippen LogP contribution >= 0.6 is 35.7 Å². The molecule has 0 unspecified atom stereocenters. The number of benzene rings is 2. The fraction of sp³-hybridized carbons (Fsp3) is 0.133. The van der Waals surface area contributed by atoms with Gasteiger partial charge in [-0.3, -0.25) is 0 Å². The SMILES string of the molecule is COc1ccc(Oc2ccccc2)c(N=C(N)SC)c1.I. The number of amidine groups is 1. The highest BCUT2D eigenvalue weighted by Crippen LogP contribution is 2.35. The first-order valence-corrected chi connectivity index (χ1v) is 7.24. The zero-order valence-corrected chi connectivity index (χ0v) is 14.9. The molecular weight excluding hydrogens is 399 g/mol. The first kappa shape index (κ1) is 17.6. The van der Waals surface area contributed by atoms with E-state index >= 15 is 0 Å². The van der Waals surface area contributed by atoms with E-state index in [-0.39, 0.29) is 24.0 Å². The third-order valence-electron chi connectivity index (χ3n) is 2.58. The van der Waals surface area contributed by atoms with Gasteiger partial charge >= 0.3 is 0 Å². The number of ether oxygens (including phenoxy) is 2. The molecule has 0 saturated carbocycles. The van der Waals surface area contributed by atoms with Crippen molar-refractivity contribution in [3.63, 3.8) is 0 Å². The van der Waals surface area contributed by atoms with Gasteiger partial charge in [0.25, 0.3) is 0 Å². The molecule has 4 nitrogen and oxygen atoms in total. The maximum Gasteiger partial charge on any atom is 0.159 e. The van der Waals surface area contributed by atoms with E-state index in [1.54, 1.807) is 13.2 Å². The summed E-state index contributed by atoms with van der Waals surface area (Å²) in [7, 11) is 1.61. The van der Waals surface area contributed by atoms with Crippen LogP contribution in [-0.2, 0) is 0 Å². The van der Waals surface area contributed by atoms with Crippen LogP contribution in [0.3, 0.4) is 0 Å². The number of rotatable bonds is 4. The van der Waals surface area contributed by atoms with Gasteiger partial charge in [0.15, 0.2) is 10.9 Å². The third-order valence-corrected chi connectivity index (χ3v) is 3.09. The summed E-state index contributed by atoms with van der Waals surface area (Å²) in [5, 5.41) is 0.469. The van der Waals surface area contributed by atoms with Crippen molar-refractivity contribution in [3.05, 3.63) is 48.5 Å². The number of methoxy groups -OCH3 is 1. The van der Waals surface area contributed by atoms with Crippen molar-refractivity contribution in [2.24, 2.45) is 10.7 Å². The smallest absolute Gasteiger partial charge is 0.159 e. The van der Waals surface area contributed by atoms with Gasteiger partial charge in [-0.15, -0.1) is 24.0 Å². The average Bonchev–Trinajstić information content (AvgIpc) is 2.50. The Balaban J connectivity index is 0.00000220. The van der Waals surface area contributed by atoms with E-state index in [4.69, 9.17) is 15.2 Å². The predicted octanol–water partition coefficient (Wildman–Crippen LogP) is 4.41. The summed E-state index contributed by atoms with van der Waals surface area (Å²) in [4.78, 5) is 4.33. The molecule has 21 heavy (non-hydrogen) atoms. The van der Waals surface area contributed by atoms with Crippen LogP contribution in [0, 0.1) is 0 Å². The van der Waals surface area contributed by atoms with Gasteiger partial charge in [0.1, 0.15) is 17.2 Å². The van der Waals surface area contributed by atoms with Crippen molar-refractivity contribution in [3.8, 4) is 17.2 Å². The maximum atomic E-state index is 5.83. The fourth-order valence-corrected chi connectivity index (χ4v) is 1.77. The van der Waals surface area contributed by atoms with Crippen molar-refractivity contribution >= 4 is 46.6 Å². The highest BCUT2D eigenvalue weighted by atomic mass is 127. The van der Waals surface area contributed by atoms with Gasteiger partial charge in [-0.1, -0.05) is 30.0 Å². The molecule has 0 aromatic heterocycles. The van der Waals surface area contributed by atoms with Gasteiger partial charge in [0.05, 0.1) is 7.11 Å². The molecular formula is C15H17IN2O2S. The Bertz CT molecular complexity index is 606. The summed E-state index contributed by atoms with van der Waals surface area (Å²) in [5.41, 5.74) is 6.41. The van der Waals surface area contributed by atoms with Crippen LogP contribution in [0.1, 0.15) is 0 Å². The number of para-hydroxylation sites is 1. The number of nitrogens with two attached hydrogens (primary N) is 1. The molecule has 0 atom stereocenters. The summed E-state index contributed by atoms with van der Waals surface area (Å²) in [6.07, 6.45) is 1.87. The van der Waals surface area contributed by atoms with Crippen molar-refractivity contribution in [1.29, 1.82) is 0 Å². The second-order valence-corrected chi connectivity index (χ2v) is 4.73. The molecule has 2 rings (SSSR count). The molecule has 0 amide bonds. The van der Waals surface area contributed by atoms with Crippen molar-refractivity contribution in [2.45, 2.75) is 0 Å². The van der Waals surface area contributed by atoms with Gasteiger partial charge in [0, 0.05) is 6.07 Å². The molecule has 0 saturated heterocycles. The molecule has 0 spiro atoms. The van der Waals surface area contributed by atoms with E-state index in [0.29, 0.717) is 22.4 Å². The van der Waals surface area contributed by atoms with Gasteiger partial charge in [-0.25, -0.2) is 4.99 Å². The quantitative estimate of drug-likeness (QED) is 0.456. The van der Waals surface area contributed by atoms with Gasteiger partial charge in [0.2, 0.25) is 0 Å². The fourth-order valence-electron chi connectivity index (χ4n) is 1.58. The van der Waals surface area contributed by atoms with Crippen molar-refractivity contribution < 1.29 is 9.47 Å². The minimum absolute atomic E-state index is 0. The first-order valence-electron chi connectivity index (χ1n) is 6.02.